The van der Waals surface area contributed by atoms with Gasteiger partial charge in [-0.1, -0.05) is 78.4 Å². The van der Waals surface area contributed by atoms with Gasteiger partial charge < -0.3 is 4.74 Å². The lowest BCUT2D eigenvalue weighted by molar-refractivity contribution is -0.00455. The summed E-state index contributed by atoms with van der Waals surface area (Å²) in [5, 5.41) is 6.67. The van der Waals surface area contributed by atoms with Crippen LogP contribution in [0.2, 0.25) is 0 Å². The highest BCUT2D eigenvalue weighted by Gasteiger charge is 2.43. The molecule has 0 N–H and O–H groups in total. The number of hydrazone groups is 1. The van der Waals surface area contributed by atoms with Gasteiger partial charge in [0.2, 0.25) is 5.78 Å². The number of fused-ring (bicyclic) bond motifs is 3. The summed E-state index contributed by atoms with van der Waals surface area (Å²) in [5.41, 5.74) is 4.89. The van der Waals surface area contributed by atoms with E-state index < -0.39 is 6.23 Å². The van der Waals surface area contributed by atoms with Crippen molar-refractivity contribution in [1.82, 2.24) is 5.01 Å². The molecule has 4 nitrogen and oxygen atoms in total. The number of hydrogen-bond acceptors (Lipinski definition) is 4. The third-order valence-corrected chi connectivity index (χ3v) is 5.37. The first-order valence-electron chi connectivity index (χ1n) is 9.48. The minimum absolute atomic E-state index is 0.000413. The zero-order valence-corrected chi connectivity index (χ0v) is 15.6. The molecule has 2 aliphatic rings. The predicted octanol–water partition coefficient (Wildman–Crippen LogP) is 4.75. The molecule has 28 heavy (non-hydrogen) atoms. The van der Waals surface area contributed by atoms with Gasteiger partial charge in [0.05, 0.1) is 11.8 Å². The maximum absolute atomic E-state index is 13.3. The molecule has 138 valence electrons. The van der Waals surface area contributed by atoms with Crippen molar-refractivity contribution in [2.24, 2.45) is 5.10 Å². The maximum atomic E-state index is 13.3. The fraction of sp³-hybridized carbons (Fsp3) is 0.167. The first-order valence-corrected chi connectivity index (χ1v) is 9.48. The Bertz CT molecular complexity index is 1060. The van der Waals surface area contributed by atoms with E-state index in [9.17, 15) is 4.79 Å². The Morgan fingerprint density at radius 2 is 1.68 bits per heavy atom. The van der Waals surface area contributed by atoms with E-state index in [0.717, 1.165) is 34.6 Å². The lowest BCUT2D eigenvalue weighted by Crippen LogP contribution is -2.45. The van der Waals surface area contributed by atoms with Gasteiger partial charge >= 0.3 is 0 Å². The molecule has 0 saturated carbocycles. The summed E-state index contributed by atoms with van der Waals surface area (Å²) in [4.78, 5) is 13.3. The van der Waals surface area contributed by atoms with Crippen molar-refractivity contribution in [2.45, 2.75) is 25.6 Å². The predicted molar refractivity (Wildman–Crippen MR) is 109 cm³/mol. The van der Waals surface area contributed by atoms with Crippen LogP contribution >= 0.6 is 0 Å². The number of hydrogen-bond donors (Lipinski definition) is 0. The smallest absolute Gasteiger partial charge is 0.251 e. The van der Waals surface area contributed by atoms with E-state index in [1.807, 2.05) is 72.6 Å². The van der Waals surface area contributed by atoms with Gasteiger partial charge in [0.1, 0.15) is 5.75 Å². The molecule has 0 fully saturated rings. The maximum Gasteiger partial charge on any atom is 0.251 e. The summed E-state index contributed by atoms with van der Waals surface area (Å²) in [7, 11) is 0. The van der Waals surface area contributed by atoms with Crippen molar-refractivity contribution in [3.8, 4) is 5.75 Å². The molecule has 0 amide bonds. The normalized spacial score (nSPS) is 20.0. The number of carbonyl (C=O) groups excluding carboxylic acids is 1. The van der Waals surface area contributed by atoms with E-state index in [-0.39, 0.29) is 11.8 Å². The topological polar surface area (TPSA) is 41.9 Å². The second-order valence-corrected chi connectivity index (χ2v) is 7.25. The van der Waals surface area contributed by atoms with Gasteiger partial charge in [-0.05, 0) is 18.6 Å². The van der Waals surface area contributed by atoms with Crippen LogP contribution in [-0.4, -0.2) is 22.7 Å². The zero-order chi connectivity index (χ0) is 19.1. The lowest BCUT2D eigenvalue weighted by Gasteiger charge is -2.37. The Kier molecular flexibility index (Phi) is 3.97. The van der Waals surface area contributed by atoms with Crippen LogP contribution in [0.5, 0.6) is 5.75 Å². The Morgan fingerprint density at radius 3 is 2.46 bits per heavy atom. The summed E-state index contributed by atoms with van der Waals surface area (Å²) >= 11 is 0. The third-order valence-electron chi connectivity index (χ3n) is 5.37. The number of rotatable bonds is 3. The summed E-state index contributed by atoms with van der Waals surface area (Å²) in [5.74, 6) is 0.691. The summed E-state index contributed by atoms with van der Waals surface area (Å²) < 4.78 is 6.15. The highest BCUT2D eigenvalue weighted by atomic mass is 16.5. The molecule has 0 bridgehead atoms. The van der Waals surface area contributed by atoms with Crippen LogP contribution in [-0.2, 0) is 0 Å². The molecular weight excluding hydrogens is 348 g/mol. The van der Waals surface area contributed by atoms with Crippen LogP contribution < -0.4 is 4.74 Å². The number of benzene rings is 3. The third kappa shape index (κ3) is 2.78. The van der Waals surface area contributed by atoms with Crippen molar-refractivity contribution in [1.29, 1.82) is 0 Å². The Morgan fingerprint density at radius 1 is 0.964 bits per heavy atom. The first-order chi connectivity index (χ1) is 13.7. The van der Waals surface area contributed by atoms with E-state index in [1.165, 1.54) is 0 Å². The van der Waals surface area contributed by atoms with Gasteiger partial charge in [-0.2, -0.15) is 5.10 Å². The van der Waals surface area contributed by atoms with Gasteiger partial charge in [-0.25, -0.2) is 5.01 Å². The van der Waals surface area contributed by atoms with Gasteiger partial charge in [0.15, 0.2) is 0 Å². The van der Waals surface area contributed by atoms with Crippen molar-refractivity contribution >= 4 is 11.5 Å². The minimum atomic E-state index is -0.760. The van der Waals surface area contributed by atoms with Crippen LogP contribution in [0.1, 0.15) is 39.5 Å². The largest absolute Gasteiger partial charge is 0.461 e. The van der Waals surface area contributed by atoms with Crippen LogP contribution in [0.15, 0.2) is 84.0 Å². The Hall–Kier alpha value is -3.40. The highest BCUT2D eigenvalue weighted by molar-refractivity contribution is 6.03. The van der Waals surface area contributed by atoms with Crippen LogP contribution in [0.3, 0.4) is 0 Å². The zero-order valence-electron chi connectivity index (χ0n) is 15.6. The second-order valence-electron chi connectivity index (χ2n) is 7.25. The number of para-hydroxylation sites is 1. The van der Waals surface area contributed by atoms with Gasteiger partial charge in [0.25, 0.3) is 6.23 Å². The minimum Gasteiger partial charge on any atom is -0.461 e. The molecule has 0 aromatic heterocycles. The van der Waals surface area contributed by atoms with E-state index >= 15 is 0 Å². The average molecular weight is 368 g/mol. The van der Waals surface area contributed by atoms with Crippen molar-refractivity contribution in [3.05, 3.63) is 101 Å². The quantitative estimate of drug-likeness (QED) is 0.627. The molecule has 0 unspecified atom stereocenters. The monoisotopic (exact) mass is 368 g/mol. The molecule has 2 aliphatic heterocycles. The molecule has 2 heterocycles. The van der Waals surface area contributed by atoms with Gasteiger partial charge in [-0.15, -0.1) is 0 Å². The SMILES string of the molecule is Cc1ccc(C(=O)[C@H]2Oc3ccccc3[C@@H]3CC(c4ccccc4)=NN23)cc1. The highest BCUT2D eigenvalue weighted by Crippen LogP contribution is 2.43. The molecule has 3 aromatic carbocycles. The average Bonchev–Trinajstić information content (AvgIpc) is 3.20. The van der Waals surface area contributed by atoms with E-state index in [1.54, 1.807) is 0 Å². The lowest BCUT2D eigenvalue weighted by atomic mass is 9.96. The molecular formula is C24H20N2O2. The fourth-order valence-electron chi connectivity index (χ4n) is 3.87. The van der Waals surface area contributed by atoms with Crippen LogP contribution in [0, 0.1) is 6.92 Å². The second kappa shape index (κ2) is 6.64. The number of ether oxygens (including phenoxy) is 1. The molecule has 4 heteroatoms. The van der Waals surface area contributed by atoms with Crippen molar-refractivity contribution < 1.29 is 9.53 Å². The first kappa shape index (κ1) is 16.8. The number of ketones is 1. The summed E-state index contributed by atoms with van der Waals surface area (Å²) in [6, 6.07) is 25.7. The van der Waals surface area contributed by atoms with E-state index in [2.05, 4.69) is 18.2 Å². The van der Waals surface area contributed by atoms with Crippen LogP contribution in [0.25, 0.3) is 0 Å². The number of nitrogens with zero attached hydrogens (tertiary/aromatic N) is 2. The molecule has 5 rings (SSSR count). The van der Waals surface area contributed by atoms with Gasteiger partial charge in [-0.3, -0.25) is 4.79 Å². The molecule has 0 spiro atoms. The van der Waals surface area contributed by atoms with E-state index in [4.69, 9.17) is 9.84 Å². The van der Waals surface area contributed by atoms with Crippen molar-refractivity contribution in [3.63, 3.8) is 0 Å². The molecule has 0 saturated heterocycles. The number of Topliss-reactive ketones (excluding diaryl/α,β-unsaturated/α-hetero) is 1. The summed E-state index contributed by atoms with van der Waals surface area (Å²) in [6.45, 7) is 2.01. The Balaban J connectivity index is 1.56. The molecule has 0 radical (unpaired) electrons. The van der Waals surface area contributed by atoms with E-state index in [0.29, 0.717) is 5.56 Å². The fourth-order valence-corrected chi connectivity index (χ4v) is 3.87. The number of carbonyl (C=O) groups is 1. The number of aryl methyl sites for hydroxylation is 1. The Labute approximate surface area is 164 Å². The van der Waals surface area contributed by atoms with Crippen molar-refractivity contribution in [2.75, 3.05) is 0 Å². The standard InChI is InChI=1S/C24H20N2O2/c1-16-11-13-18(14-12-16)23(27)24-26-21(19-9-5-6-10-22(19)28-24)15-20(25-26)17-7-3-2-4-8-17/h2-14,21,24H,15H2,1H3/t21-,24+/m0/s1. The summed E-state index contributed by atoms with van der Waals surface area (Å²) in [6.07, 6.45) is -0.00831. The molecule has 0 aliphatic carbocycles. The van der Waals surface area contributed by atoms with Crippen LogP contribution in [0.4, 0.5) is 0 Å². The van der Waals surface area contributed by atoms with Gasteiger partial charge in [0, 0.05) is 17.5 Å². The molecule has 3 aromatic rings. The molecule has 2 atom stereocenters.